The fourth-order valence-electron chi connectivity index (χ4n) is 2.40. The van der Waals surface area contributed by atoms with Gasteiger partial charge in [-0.15, -0.1) is 0 Å². The van der Waals surface area contributed by atoms with Crippen LogP contribution in [0.2, 0.25) is 0 Å². The van der Waals surface area contributed by atoms with E-state index >= 15 is 0 Å². The first kappa shape index (κ1) is 18.7. The smallest absolute Gasteiger partial charge is 0.307 e. The SMILES string of the molecule is CN=C(NCCC(=O)OC)N1CCC(OCCCOC)CC1. The summed E-state index contributed by atoms with van der Waals surface area (Å²) in [4.78, 5) is 17.6. The molecular formula is C15H29N3O4. The molecule has 1 N–H and O–H groups in total. The minimum absolute atomic E-state index is 0.217. The summed E-state index contributed by atoms with van der Waals surface area (Å²) in [5, 5.41) is 3.20. The lowest BCUT2D eigenvalue weighted by Crippen LogP contribution is -2.47. The first-order chi connectivity index (χ1) is 10.7. The first-order valence-corrected chi connectivity index (χ1v) is 7.84. The Balaban J connectivity index is 2.22. The zero-order chi connectivity index (χ0) is 16.2. The maximum absolute atomic E-state index is 11.1. The number of carbonyl (C=O) groups excluding carboxylic acids is 1. The van der Waals surface area contributed by atoms with Gasteiger partial charge < -0.3 is 24.4 Å². The Kier molecular flexibility index (Phi) is 9.57. The molecular weight excluding hydrogens is 286 g/mol. The summed E-state index contributed by atoms with van der Waals surface area (Å²) in [6, 6.07) is 0. The molecule has 0 saturated carbocycles. The largest absolute Gasteiger partial charge is 0.469 e. The van der Waals surface area contributed by atoms with Gasteiger partial charge in [0.25, 0.3) is 0 Å². The van der Waals surface area contributed by atoms with Gasteiger partial charge in [0.15, 0.2) is 5.96 Å². The molecule has 7 nitrogen and oxygen atoms in total. The zero-order valence-corrected chi connectivity index (χ0v) is 14.0. The van der Waals surface area contributed by atoms with Crippen molar-refractivity contribution in [3.05, 3.63) is 0 Å². The number of hydrogen-bond donors (Lipinski definition) is 1. The number of methoxy groups -OCH3 is 2. The average Bonchev–Trinajstić information content (AvgIpc) is 2.56. The first-order valence-electron chi connectivity index (χ1n) is 7.84. The van der Waals surface area contributed by atoms with Crippen LogP contribution in [0.3, 0.4) is 0 Å². The number of aliphatic imine (C=N–C) groups is 1. The molecule has 1 aliphatic heterocycles. The summed E-state index contributed by atoms with van der Waals surface area (Å²) in [6.07, 6.45) is 3.58. The number of carbonyl (C=O) groups is 1. The molecule has 0 aromatic rings. The maximum Gasteiger partial charge on any atom is 0.307 e. The highest BCUT2D eigenvalue weighted by Crippen LogP contribution is 2.14. The van der Waals surface area contributed by atoms with E-state index < -0.39 is 0 Å². The number of nitrogens with zero attached hydrogens (tertiary/aromatic N) is 2. The molecule has 0 unspecified atom stereocenters. The number of nitrogens with one attached hydrogen (secondary N) is 1. The number of esters is 1. The minimum atomic E-state index is -0.217. The molecule has 0 bridgehead atoms. The van der Waals surface area contributed by atoms with Crippen LogP contribution in [0.5, 0.6) is 0 Å². The van der Waals surface area contributed by atoms with Crippen molar-refractivity contribution in [2.24, 2.45) is 4.99 Å². The topological polar surface area (TPSA) is 72.4 Å². The number of likely N-dealkylation sites (tertiary alicyclic amines) is 1. The molecule has 1 saturated heterocycles. The molecule has 1 heterocycles. The van der Waals surface area contributed by atoms with Crippen LogP contribution in [0, 0.1) is 0 Å². The Morgan fingerprint density at radius 1 is 1.27 bits per heavy atom. The van der Waals surface area contributed by atoms with Gasteiger partial charge >= 0.3 is 5.97 Å². The monoisotopic (exact) mass is 315 g/mol. The lowest BCUT2D eigenvalue weighted by atomic mass is 10.1. The van der Waals surface area contributed by atoms with Crippen LogP contribution in [0.25, 0.3) is 0 Å². The maximum atomic E-state index is 11.1. The number of rotatable bonds is 8. The van der Waals surface area contributed by atoms with Crippen molar-refractivity contribution in [3.8, 4) is 0 Å². The fourth-order valence-corrected chi connectivity index (χ4v) is 2.40. The van der Waals surface area contributed by atoms with Crippen LogP contribution in [0.1, 0.15) is 25.7 Å². The summed E-state index contributed by atoms with van der Waals surface area (Å²) >= 11 is 0. The Bertz CT molecular complexity index is 342. The van der Waals surface area contributed by atoms with Crippen molar-refractivity contribution < 1.29 is 19.0 Å². The molecule has 0 atom stereocenters. The molecule has 0 amide bonds. The highest BCUT2D eigenvalue weighted by Gasteiger charge is 2.21. The van der Waals surface area contributed by atoms with Gasteiger partial charge in [0, 0.05) is 47.0 Å². The van der Waals surface area contributed by atoms with Crippen molar-refractivity contribution in [1.29, 1.82) is 0 Å². The van der Waals surface area contributed by atoms with E-state index in [1.807, 2.05) is 0 Å². The van der Waals surface area contributed by atoms with Crippen LogP contribution in [0.4, 0.5) is 0 Å². The fraction of sp³-hybridized carbons (Fsp3) is 0.867. The van der Waals surface area contributed by atoms with Gasteiger partial charge in [-0.05, 0) is 19.3 Å². The van der Waals surface area contributed by atoms with Crippen LogP contribution in [0.15, 0.2) is 4.99 Å². The Morgan fingerprint density at radius 2 is 2.00 bits per heavy atom. The van der Waals surface area contributed by atoms with Crippen molar-refractivity contribution in [1.82, 2.24) is 10.2 Å². The second-order valence-corrected chi connectivity index (χ2v) is 5.20. The lowest BCUT2D eigenvalue weighted by molar-refractivity contribution is -0.140. The summed E-state index contributed by atoms with van der Waals surface area (Å²) in [5.74, 6) is 0.618. The molecule has 1 aliphatic rings. The van der Waals surface area contributed by atoms with Gasteiger partial charge in [-0.1, -0.05) is 0 Å². The number of guanidine groups is 1. The number of piperidine rings is 1. The van der Waals surface area contributed by atoms with Crippen LogP contribution in [-0.2, 0) is 19.0 Å². The molecule has 128 valence electrons. The van der Waals surface area contributed by atoms with E-state index in [2.05, 4.69) is 19.9 Å². The van der Waals surface area contributed by atoms with Crippen molar-refractivity contribution in [3.63, 3.8) is 0 Å². The second kappa shape index (κ2) is 11.3. The van der Waals surface area contributed by atoms with Gasteiger partial charge in [0.2, 0.25) is 0 Å². The molecule has 22 heavy (non-hydrogen) atoms. The summed E-state index contributed by atoms with van der Waals surface area (Å²) < 4.78 is 15.5. The third kappa shape index (κ3) is 7.09. The van der Waals surface area contributed by atoms with E-state index in [-0.39, 0.29) is 5.97 Å². The quantitative estimate of drug-likeness (QED) is 0.307. The third-order valence-electron chi connectivity index (χ3n) is 3.64. The van der Waals surface area contributed by atoms with Crippen LogP contribution in [-0.4, -0.2) is 77.0 Å². The van der Waals surface area contributed by atoms with E-state index in [1.54, 1.807) is 14.2 Å². The third-order valence-corrected chi connectivity index (χ3v) is 3.64. The molecule has 7 heteroatoms. The van der Waals surface area contributed by atoms with E-state index in [1.165, 1.54) is 7.11 Å². The van der Waals surface area contributed by atoms with Crippen LogP contribution < -0.4 is 5.32 Å². The highest BCUT2D eigenvalue weighted by atomic mass is 16.5. The van der Waals surface area contributed by atoms with Gasteiger partial charge in [-0.25, -0.2) is 0 Å². The zero-order valence-electron chi connectivity index (χ0n) is 14.0. The van der Waals surface area contributed by atoms with Crippen LogP contribution >= 0.6 is 0 Å². The second-order valence-electron chi connectivity index (χ2n) is 5.20. The van der Waals surface area contributed by atoms with E-state index in [0.717, 1.165) is 51.5 Å². The molecule has 0 radical (unpaired) electrons. The van der Waals surface area contributed by atoms with Gasteiger partial charge in [-0.3, -0.25) is 9.79 Å². The van der Waals surface area contributed by atoms with Gasteiger partial charge in [-0.2, -0.15) is 0 Å². The predicted octanol–water partition coefficient (Wildman–Crippen LogP) is 0.642. The van der Waals surface area contributed by atoms with E-state index in [4.69, 9.17) is 9.47 Å². The minimum Gasteiger partial charge on any atom is -0.469 e. The normalized spacial score (nSPS) is 16.7. The van der Waals surface area contributed by atoms with E-state index in [0.29, 0.717) is 19.1 Å². The van der Waals surface area contributed by atoms with Gasteiger partial charge in [0.1, 0.15) is 0 Å². The molecule has 0 aliphatic carbocycles. The molecule has 1 rings (SSSR count). The Morgan fingerprint density at radius 3 is 2.59 bits per heavy atom. The number of ether oxygens (including phenoxy) is 3. The lowest BCUT2D eigenvalue weighted by Gasteiger charge is -2.34. The van der Waals surface area contributed by atoms with E-state index in [9.17, 15) is 4.79 Å². The average molecular weight is 315 g/mol. The Hall–Kier alpha value is -1.34. The van der Waals surface area contributed by atoms with Crippen molar-refractivity contribution >= 4 is 11.9 Å². The standard InChI is InChI=1S/C15H29N3O4/c1-16-15(17-8-5-14(19)21-3)18-9-6-13(7-10-18)22-12-4-11-20-2/h13H,4-12H2,1-3H3,(H,16,17). The molecule has 0 aromatic carbocycles. The van der Waals surface area contributed by atoms with Crippen molar-refractivity contribution in [2.45, 2.75) is 31.8 Å². The van der Waals surface area contributed by atoms with Crippen molar-refractivity contribution in [2.75, 3.05) is 54.1 Å². The number of hydrogen-bond acceptors (Lipinski definition) is 5. The summed E-state index contributed by atoms with van der Waals surface area (Å²) in [6.45, 7) is 3.85. The van der Waals surface area contributed by atoms with Gasteiger partial charge in [0.05, 0.1) is 19.6 Å². The molecule has 0 spiro atoms. The summed E-state index contributed by atoms with van der Waals surface area (Å²) in [5.41, 5.74) is 0. The predicted molar refractivity (Wildman–Crippen MR) is 85.0 cm³/mol. The Labute approximate surface area is 133 Å². The highest BCUT2D eigenvalue weighted by molar-refractivity contribution is 5.80. The molecule has 0 aromatic heterocycles. The summed E-state index contributed by atoms with van der Waals surface area (Å²) in [7, 11) is 4.86. The molecule has 1 fully saturated rings.